The zero-order chi connectivity index (χ0) is 18.7. The molecule has 1 amide bonds. The van der Waals surface area contributed by atoms with Crippen LogP contribution in [0.1, 0.15) is 31.8 Å². The first-order chi connectivity index (χ1) is 12.5. The van der Waals surface area contributed by atoms with Crippen LogP contribution in [-0.2, 0) is 0 Å². The maximum absolute atomic E-state index is 13.4. The standard InChI is InChI=1S/C20H14F2N2O2/c1-12-4-7-15(22)11-17(12)20(26)24-19-16(3-2-10-23-19)18(25)13-5-8-14(21)9-6-13/h2-11H,1H3,(H,23,24,26). The largest absolute Gasteiger partial charge is 0.306 e. The van der Waals surface area contributed by atoms with E-state index in [9.17, 15) is 18.4 Å². The van der Waals surface area contributed by atoms with Crippen molar-refractivity contribution in [2.75, 3.05) is 5.32 Å². The van der Waals surface area contributed by atoms with Crippen LogP contribution in [0.4, 0.5) is 14.6 Å². The topological polar surface area (TPSA) is 59.1 Å². The van der Waals surface area contributed by atoms with Gasteiger partial charge in [0, 0.05) is 17.3 Å². The third-order valence-corrected chi connectivity index (χ3v) is 3.83. The maximum atomic E-state index is 13.4. The second-order valence-corrected chi connectivity index (χ2v) is 5.65. The number of benzene rings is 2. The molecule has 0 aliphatic rings. The Balaban J connectivity index is 1.92. The summed E-state index contributed by atoms with van der Waals surface area (Å²) in [5.41, 5.74) is 1.15. The van der Waals surface area contributed by atoms with Crippen LogP contribution in [0.15, 0.2) is 60.8 Å². The molecule has 0 radical (unpaired) electrons. The quantitative estimate of drug-likeness (QED) is 0.718. The Kier molecular flexibility index (Phi) is 4.84. The van der Waals surface area contributed by atoms with E-state index < -0.39 is 23.3 Å². The Morgan fingerprint density at radius 3 is 2.35 bits per heavy atom. The summed E-state index contributed by atoms with van der Waals surface area (Å²) in [5.74, 6) is -1.93. The van der Waals surface area contributed by atoms with Gasteiger partial charge >= 0.3 is 0 Å². The predicted octanol–water partition coefficient (Wildman–Crippen LogP) is 4.15. The minimum Gasteiger partial charge on any atom is -0.306 e. The first kappa shape index (κ1) is 17.4. The normalized spacial score (nSPS) is 10.4. The van der Waals surface area contributed by atoms with Gasteiger partial charge in [0.25, 0.3) is 5.91 Å². The Labute approximate surface area is 148 Å². The average molecular weight is 352 g/mol. The summed E-state index contributed by atoms with van der Waals surface area (Å²) in [5, 5.41) is 2.55. The van der Waals surface area contributed by atoms with Crippen molar-refractivity contribution in [3.8, 4) is 0 Å². The first-order valence-electron chi connectivity index (χ1n) is 7.78. The number of aromatic nitrogens is 1. The number of amides is 1. The van der Waals surface area contributed by atoms with E-state index in [1.54, 1.807) is 13.0 Å². The van der Waals surface area contributed by atoms with Gasteiger partial charge in [-0.2, -0.15) is 0 Å². The molecule has 0 spiro atoms. The number of carbonyl (C=O) groups is 2. The van der Waals surface area contributed by atoms with E-state index in [4.69, 9.17) is 0 Å². The van der Waals surface area contributed by atoms with E-state index in [0.717, 1.165) is 6.07 Å². The zero-order valence-corrected chi connectivity index (χ0v) is 13.8. The van der Waals surface area contributed by atoms with Gasteiger partial charge in [0.05, 0.1) is 5.56 Å². The molecule has 2 aromatic carbocycles. The van der Waals surface area contributed by atoms with Crippen molar-refractivity contribution in [3.05, 3.63) is 94.7 Å². The number of rotatable bonds is 4. The molecule has 26 heavy (non-hydrogen) atoms. The second-order valence-electron chi connectivity index (χ2n) is 5.65. The lowest BCUT2D eigenvalue weighted by atomic mass is 10.0. The van der Waals surface area contributed by atoms with Gasteiger partial charge in [0.15, 0.2) is 5.78 Å². The highest BCUT2D eigenvalue weighted by atomic mass is 19.1. The number of hydrogen-bond acceptors (Lipinski definition) is 3. The van der Waals surface area contributed by atoms with Crippen LogP contribution in [0.5, 0.6) is 0 Å². The summed E-state index contributed by atoms with van der Waals surface area (Å²) in [7, 11) is 0. The van der Waals surface area contributed by atoms with Crippen molar-refractivity contribution in [3.63, 3.8) is 0 Å². The van der Waals surface area contributed by atoms with Crippen molar-refractivity contribution in [1.82, 2.24) is 4.98 Å². The molecule has 0 bridgehead atoms. The fourth-order valence-electron chi connectivity index (χ4n) is 2.46. The Morgan fingerprint density at radius 2 is 1.62 bits per heavy atom. The van der Waals surface area contributed by atoms with Crippen LogP contribution in [0, 0.1) is 18.6 Å². The van der Waals surface area contributed by atoms with Gasteiger partial charge < -0.3 is 5.32 Å². The molecule has 0 unspecified atom stereocenters. The van der Waals surface area contributed by atoms with Crippen molar-refractivity contribution in [1.29, 1.82) is 0 Å². The van der Waals surface area contributed by atoms with Crippen molar-refractivity contribution in [2.45, 2.75) is 6.92 Å². The number of aryl methyl sites for hydroxylation is 1. The van der Waals surface area contributed by atoms with E-state index in [1.807, 2.05) is 0 Å². The van der Waals surface area contributed by atoms with E-state index >= 15 is 0 Å². The number of halogens is 2. The minimum absolute atomic E-state index is 0.0514. The molecule has 0 atom stereocenters. The molecular formula is C20H14F2N2O2. The summed E-state index contributed by atoms with van der Waals surface area (Å²) in [6.07, 6.45) is 1.43. The molecule has 3 rings (SSSR count). The zero-order valence-electron chi connectivity index (χ0n) is 13.8. The molecule has 0 aliphatic heterocycles. The molecule has 0 fully saturated rings. The van der Waals surface area contributed by atoms with Crippen LogP contribution >= 0.6 is 0 Å². The first-order valence-corrected chi connectivity index (χ1v) is 7.78. The molecule has 1 N–H and O–H groups in total. The van der Waals surface area contributed by atoms with E-state index in [1.165, 1.54) is 48.7 Å². The fraction of sp³-hybridized carbons (Fsp3) is 0.0500. The lowest BCUT2D eigenvalue weighted by Crippen LogP contribution is -2.17. The molecule has 1 aromatic heterocycles. The van der Waals surface area contributed by atoms with Crippen LogP contribution in [0.3, 0.4) is 0 Å². The van der Waals surface area contributed by atoms with Crippen LogP contribution in [0.2, 0.25) is 0 Å². The summed E-state index contributed by atoms with van der Waals surface area (Å²) in [6.45, 7) is 1.68. The SMILES string of the molecule is Cc1ccc(F)cc1C(=O)Nc1ncccc1C(=O)c1ccc(F)cc1. The number of hydrogen-bond donors (Lipinski definition) is 1. The van der Waals surface area contributed by atoms with E-state index in [2.05, 4.69) is 10.3 Å². The average Bonchev–Trinajstić information content (AvgIpc) is 2.64. The van der Waals surface area contributed by atoms with Crippen molar-refractivity contribution < 1.29 is 18.4 Å². The predicted molar refractivity (Wildman–Crippen MR) is 93.2 cm³/mol. The smallest absolute Gasteiger partial charge is 0.257 e. The number of nitrogens with zero attached hydrogens (tertiary/aromatic N) is 1. The third kappa shape index (κ3) is 3.64. The Bertz CT molecular complexity index is 985. The monoisotopic (exact) mass is 352 g/mol. The molecule has 130 valence electrons. The van der Waals surface area contributed by atoms with Gasteiger partial charge in [-0.25, -0.2) is 13.8 Å². The highest BCUT2D eigenvalue weighted by Crippen LogP contribution is 2.19. The second kappa shape index (κ2) is 7.23. The van der Waals surface area contributed by atoms with Crippen molar-refractivity contribution in [2.24, 2.45) is 0 Å². The Morgan fingerprint density at radius 1 is 0.923 bits per heavy atom. The third-order valence-electron chi connectivity index (χ3n) is 3.83. The Hall–Kier alpha value is -3.41. The minimum atomic E-state index is -0.575. The van der Waals surface area contributed by atoms with Gasteiger partial charge in [-0.15, -0.1) is 0 Å². The summed E-state index contributed by atoms with van der Waals surface area (Å²) < 4.78 is 26.5. The highest BCUT2D eigenvalue weighted by molar-refractivity contribution is 6.14. The number of pyridine rings is 1. The van der Waals surface area contributed by atoms with Gasteiger partial charge in [-0.05, 0) is 61.0 Å². The number of ketones is 1. The molecule has 1 heterocycles. The van der Waals surface area contributed by atoms with Gasteiger partial charge in [-0.3, -0.25) is 9.59 Å². The molecule has 6 heteroatoms. The number of anilines is 1. The lowest BCUT2D eigenvalue weighted by Gasteiger charge is -2.11. The van der Waals surface area contributed by atoms with Gasteiger partial charge in [-0.1, -0.05) is 6.07 Å². The van der Waals surface area contributed by atoms with E-state index in [-0.39, 0.29) is 22.5 Å². The number of carbonyl (C=O) groups excluding carboxylic acids is 2. The summed E-state index contributed by atoms with van der Waals surface area (Å²) in [6, 6.07) is 12.0. The maximum Gasteiger partial charge on any atom is 0.257 e. The molecule has 4 nitrogen and oxygen atoms in total. The van der Waals surface area contributed by atoms with Crippen LogP contribution in [0.25, 0.3) is 0 Å². The highest BCUT2D eigenvalue weighted by Gasteiger charge is 2.18. The van der Waals surface area contributed by atoms with Gasteiger partial charge in [0.2, 0.25) is 0 Å². The number of nitrogens with one attached hydrogen (secondary N) is 1. The van der Waals surface area contributed by atoms with E-state index in [0.29, 0.717) is 5.56 Å². The fourth-order valence-corrected chi connectivity index (χ4v) is 2.46. The van der Waals surface area contributed by atoms with Crippen LogP contribution < -0.4 is 5.32 Å². The molecule has 0 saturated heterocycles. The van der Waals surface area contributed by atoms with Crippen LogP contribution in [-0.4, -0.2) is 16.7 Å². The molecular weight excluding hydrogens is 338 g/mol. The molecule has 0 saturated carbocycles. The summed E-state index contributed by atoms with van der Waals surface area (Å²) >= 11 is 0. The van der Waals surface area contributed by atoms with Gasteiger partial charge in [0.1, 0.15) is 17.5 Å². The molecule has 0 aliphatic carbocycles. The summed E-state index contributed by atoms with van der Waals surface area (Å²) in [4.78, 5) is 29.1. The van der Waals surface area contributed by atoms with Crippen molar-refractivity contribution >= 4 is 17.5 Å². The lowest BCUT2D eigenvalue weighted by molar-refractivity contribution is 0.102. The molecule has 3 aromatic rings.